The quantitative estimate of drug-likeness (QED) is 0.862. The number of nitrogens with one attached hydrogen (secondary N) is 1. The fourth-order valence-electron chi connectivity index (χ4n) is 2.47. The van der Waals surface area contributed by atoms with Gasteiger partial charge in [0.05, 0.1) is 12.2 Å². The number of rotatable bonds is 5. The second-order valence-corrected chi connectivity index (χ2v) is 4.82. The van der Waals surface area contributed by atoms with Gasteiger partial charge in [0.25, 0.3) is 0 Å². The summed E-state index contributed by atoms with van der Waals surface area (Å²) < 4.78 is 5.77. The molecule has 2 rings (SSSR count). The summed E-state index contributed by atoms with van der Waals surface area (Å²) in [5.74, 6) is 1.52. The Labute approximate surface area is 109 Å². The van der Waals surface area contributed by atoms with Crippen molar-refractivity contribution in [1.29, 1.82) is 0 Å². The number of hydrogen-bond donors (Lipinski definition) is 1. The van der Waals surface area contributed by atoms with Crippen molar-refractivity contribution >= 4 is 5.82 Å². The van der Waals surface area contributed by atoms with Crippen LogP contribution < -0.4 is 10.1 Å². The van der Waals surface area contributed by atoms with Gasteiger partial charge in [0.1, 0.15) is 12.1 Å². The summed E-state index contributed by atoms with van der Waals surface area (Å²) >= 11 is 0. The molecule has 0 radical (unpaired) electrons. The van der Waals surface area contributed by atoms with E-state index in [1.807, 2.05) is 14.0 Å². The highest BCUT2D eigenvalue weighted by Gasteiger charge is 2.20. The normalized spacial score (nSPS) is 20.1. The minimum absolute atomic E-state index is 0.663. The van der Waals surface area contributed by atoms with Gasteiger partial charge < -0.3 is 15.0 Å². The molecule has 2 heterocycles. The van der Waals surface area contributed by atoms with Crippen LogP contribution in [0.1, 0.15) is 24.8 Å². The predicted molar refractivity (Wildman–Crippen MR) is 72.1 cm³/mol. The number of likely N-dealkylation sites (tertiary alicyclic amines) is 1. The molecule has 0 spiro atoms. The molecule has 18 heavy (non-hydrogen) atoms. The second-order valence-electron chi connectivity index (χ2n) is 4.82. The average molecular weight is 250 g/mol. The Morgan fingerprint density at radius 2 is 2.33 bits per heavy atom. The maximum Gasteiger partial charge on any atom is 0.221 e. The van der Waals surface area contributed by atoms with E-state index >= 15 is 0 Å². The molecule has 100 valence electrons. The van der Waals surface area contributed by atoms with Gasteiger partial charge in [0.2, 0.25) is 5.88 Å². The molecule has 0 saturated carbocycles. The van der Waals surface area contributed by atoms with Crippen molar-refractivity contribution in [2.45, 2.75) is 32.2 Å². The predicted octanol–water partition coefficient (Wildman–Crippen LogP) is 1.69. The van der Waals surface area contributed by atoms with Crippen LogP contribution in [0, 0.1) is 6.92 Å². The number of nitrogens with zero attached hydrogens (tertiary/aromatic N) is 3. The van der Waals surface area contributed by atoms with Crippen molar-refractivity contribution in [2.24, 2.45) is 0 Å². The third-order valence-electron chi connectivity index (χ3n) is 3.64. The number of ether oxygens (including phenoxy) is 1. The van der Waals surface area contributed by atoms with Gasteiger partial charge >= 0.3 is 0 Å². The summed E-state index contributed by atoms with van der Waals surface area (Å²) in [7, 11) is 4.04. The first-order valence-electron chi connectivity index (χ1n) is 6.54. The van der Waals surface area contributed by atoms with E-state index in [0.29, 0.717) is 11.9 Å². The van der Waals surface area contributed by atoms with Gasteiger partial charge in [-0.3, -0.25) is 0 Å². The first-order valence-corrected chi connectivity index (χ1v) is 6.54. The van der Waals surface area contributed by atoms with Crippen LogP contribution in [0.4, 0.5) is 5.82 Å². The van der Waals surface area contributed by atoms with Gasteiger partial charge in [-0.1, -0.05) is 0 Å². The van der Waals surface area contributed by atoms with Gasteiger partial charge in [-0.05, 0) is 39.8 Å². The molecular weight excluding hydrogens is 228 g/mol. The Bertz CT molecular complexity index is 397. The molecule has 5 nitrogen and oxygen atoms in total. The van der Waals surface area contributed by atoms with E-state index in [9.17, 15) is 0 Å². The molecule has 5 heteroatoms. The molecule has 0 bridgehead atoms. The molecule has 1 unspecified atom stereocenters. The largest absolute Gasteiger partial charge is 0.477 e. The van der Waals surface area contributed by atoms with E-state index in [4.69, 9.17) is 4.74 Å². The zero-order chi connectivity index (χ0) is 13.0. The molecule has 0 aliphatic carbocycles. The van der Waals surface area contributed by atoms with E-state index in [1.165, 1.54) is 25.7 Å². The SMILES string of the molecule is CNc1ncnc(OCCC2CCCN2C)c1C. The third-order valence-corrected chi connectivity index (χ3v) is 3.64. The fourth-order valence-corrected chi connectivity index (χ4v) is 2.47. The summed E-state index contributed by atoms with van der Waals surface area (Å²) in [5, 5.41) is 3.03. The van der Waals surface area contributed by atoms with Crippen LogP contribution >= 0.6 is 0 Å². The first-order chi connectivity index (χ1) is 8.72. The van der Waals surface area contributed by atoms with Crippen LogP contribution in [0.25, 0.3) is 0 Å². The smallest absolute Gasteiger partial charge is 0.221 e. The van der Waals surface area contributed by atoms with Crippen LogP contribution in [0.3, 0.4) is 0 Å². The van der Waals surface area contributed by atoms with Crippen LogP contribution in [0.5, 0.6) is 5.88 Å². The van der Waals surface area contributed by atoms with Crippen molar-refractivity contribution in [3.63, 3.8) is 0 Å². The Morgan fingerprint density at radius 1 is 1.50 bits per heavy atom. The lowest BCUT2D eigenvalue weighted by molar-refractivity contribution is 0.227. The maximum absolute atomic E-state index is 5.77. The van der Waals surface area contributed by atoms with E-state index in [2.05, 4.69) is 27.2 Å². The topological polar surface area (TPSA) is 50.3 Å². The van der Waals surface area contributed by atoms with Crippen LogP contribution in [-0.4, -0.2) is 48.2 Å². The Hall–Kier alpha value is -1.36. The number of anilines is 1. The van der Waals surface area contributed by atoms with Gasteiger partial charge in [0, 0.05) is 13.1 Å². The number of aromatic nitrogens is 2. The molecule has 0 aromatic carbocycles. The van der Waals surface area contributed by atoms with Crippen molar-refractivity contribution in [1.82, 2.24) is 14.9 Å². The lowest BCUT2D eigenvalue weighted by Gasteiger charge is -2.19. The van der Waals surface area contributed by atoms with E-state index < -0.39 is 0 Å². The highest BCUT2D eigenvalue weighted by molar-refractivity contribution is 5.46. The highest BCUT2D eigenvalue weighted by atomic mass is 16.5. The van der Waals surface area contributed by atoms with Crippen molar-refractivity contribution < 1.29 is 4.74 Å². The van der Waals surface area contributed by atoms with Gasteiger partial charge in [-0.15, -0.1) is 0 Å². The zero-order valence-corrected chi connectivity index (χ0v) is 11.4. The van der Waals surface area contributed by atoms with Gasteiger partial charge in [-0.2, -0.15) is 0 Å². The summed E-state index contributed by atoms with van der Waals surface area (Å²) in [5.41, 5.74) is 0.972. The molecule has 1 atom stereocenters. The molecule has 1 fully saturated rings. The van der Waals surface area contributed by atoms with Crippen molar-refractivity contribution in [2.75, 3.05) is 32.6 Å². The van der Waals surface area contributed by atoms with Crippen LogP contribution in [0.2, 0.25) is 0 Å². The Kier molecular flexibility index (Phi) is 4.36. The van der Waals surface area contributed by atoms with Crippen LogP contribution in [0.15, 0.2) is 6.33 Å². The minimum atomic E-state index is 0.663. The van der Waals surface area contributed by atoms with Crippen LogP contribution in [-0.2, 0) is 0 Å². The summed E-state index contributed by atoms with van der Waals surface area (Å²) in [6.07, 6.45) is 5.19. The molecule has 1 aromatic heterocycles. The average Bonchev–Trinajstić information content (AvgIpc) is 2.77. The standard InChI is InChI=1S/C13H22N4O/c1-10-12(14-2)15-9-16-13(10)18-8-6-11-5-4-7-17(11)3/h9,11H,4-8H2,1-3H3,(H,14,15,16). The minimum Gasteiger partial charge on any atom is -0.477 e. The van der Waals surface area contributed by atoms with Gasteiger partial charge in [-0.25, -0.2) is 9.97 Å². The molecule has 1 aliphatic rings. The highest BCUT2D eigenvalue weighted by Crippen LogP contribution is 2.21. The summed E-state index contributed by atoms with van der Waals surface area (Å²) in [6.45, 7) is 3.90. The Morgan fingerprint density at radius 3 is 3.00 bits per heavy atom. The Balaban J connectivity index is 1.86. The lowest BCUT2D eigenvalue weighted by atomic mass is 10.1. The molecule has 0 amide bonds. The molecule has 1 aromatic rings. The van der Waals surface area contributed by atoms with E-state index in [-0.39, 0.29) is 0 Å². The molecule has 1 N–H and O–H groups in total. The maximum atomic E-state index is 5.77. The monoisotopic (exact) mass is 250 g/mol. The van der Waals surface area contributed by atoms with Crippen molar-refractivity contribution in [3.8, 4) is 5.88 Å². The first kappa shape index (κ1) is 13.1. The van der Waals surface area contributed by atoms with Gasteiger partial charge in [0.15, 0.2) is 0 Å². The summed E-state index contributed by atoms with van der Waals surface area (Å²) in [4.78, 5) is 10.7. The fraction of sp³-hybridized carbons (Fsp3) is 0.692. The molecular formula is C13H22N4O. The van der Waals surface area contributed by atoms with Crippen molar-refractivity contribution in [3.05, 3.63) is 11.9 Å². The third kappa shape index (κ3) is 2.90. The molecule has 1 aliphatic heterocycles. The molecule has 1 saturated heterocycles. The second kappa shape index (κ2) is 6.00. The lowest BCUT2D eigenvalue weighted by Crippen LogP contribution is -2.26. The number of hydrogen-bond acceptors (Lipinski definition) is 5. The van der Waals surface area contributed by atoms with E-state index in [1.54, 1.807) is 0 Å². The zero-order valence-electron chi connectivity index (χ0n) is 11.4. The van der Waals surface area contributed by atoms with E-state index in [0.717, 1.165) is 24.4 Å². The summed E-state index contributed by atoms with van der Waals surface area (Å²) in [6, 6.07) is 0.663.